The highest BCUT2D eigenvalue weighted by Crippen LogP contribution is 2.29. The first-order valence-electron chi connectivity index (χ1n) is 11.4. The summed E-state index contributed by atoms with van der Waals surface area (Å²) in [6.07, 6.45) is 3.07. The number of nitriles is 1. The first kappa shape index (κ1) is 25.5. The fourth-order valence-electron chi connectivity index (χ4n) is 3.91. The molecule has 1 aliphatic heterocycles. The maximum atomic E-state index is 12.9. The normalized spacial score (nSPS) is 15.8. The van der Waals surface area contributed by atoms with Gasteiger partial charge in [0, 0.05) is 18.8 Å². The molecule has 182 valence electrons. The van der Waals surface area contributed by atoms with E-state index in [-0.39, 0.29) is 12.7 Å². The Labute approximate surface area is 201 Å². The summed E-state index contributed by atoms with van der Waals surface area (Å²) in [6, 6.07) is 13.9. The van der Waals surface area contributed by atoms with Crippen molar-refractivity contribution < 1.29 is 22.7 Å². The van der Waals surface area contributed by atoms with Crippen LogP contribution in [-0.4, -0.2) is 50.7 Å². The van der Waals surface area contributed by atoms with E-state index < -0.39 is 22.0 Å². The van der Waals surface area contributed by atoms with Crippen LogP contribution >= 0.6 is 0 Å². The van der Waals surface area contributed by atoms with E-state index in [0.29, 0.717) is 48.5 Å². The summed E-state index contributed by atoms with van der Waals surface area (Å²) < 4.78 is 36.6. The third kappa shape index (κ3) is 6.72. The number of hydrogen-bond donors (Lipinski definition) is 1. The predicted molar refractivity (Wildman–Crippen MR) is 130 cm³/mol. The number of esters is 1. The number of ether oxygens (including phenoxy) is 2. The van der Waals surface area contributed by atoms with Gasteiger partial charge in [0.2, 0.25) is 10.0 Å². The molecule has 0 saturated carbocycles. The summed E-state index contributed by atoms with van der Waals surface area (Å²) in [5.41, 5.74) is 2.95. The molecule has 9 heteroatoms. The number of sulfonamides is 1. The molecule has 1 fully saturated rings. The van der Waals surface area contributed by atoms with Crippen LogP contribution in [0.25, 0.3) is 0 Å². The van der Waals surface area contributed by atoms with Gasteiger partial charge in [-0.3, -0.25) is 0 Å². The lowest BCUT2D eigenvalue weighted by Gasteiger charge is -2.30. The Morgan fingerprint density at radius 2 is 1.85 bits per heavy atom. The highest BCUT2D eigenvalue weighted by molar-refractivity contribution is 7.88. The third-order valence-corrected chi connectivity index (χ3v) is 7.05. The van der Waals surface area contributed by atoms with Crippen LogP contribution in [0.1, 0.15) is 49.4 Å². The fraction of sp³-hybridized carbons (Fsp3) is 0.440. The van der Waals surface area contributed by atoms with Crippen LogP contribution in [0, 0.1) is 11.3 Å². The van der Waals surface area contributed by atoms with Gasteiger partial charge in [-0.25, -0.2) is 17.5 Å². The number of anilines is 1. The number of piperidine rings is 1. The van der Waals surface area contributed by atoms with E-state index in [1.807, 2.05) is 25.1 Å². The molecule has 0 aromatic heterocycles. The van der Waals surface area contributed by atoms with Gasteiger partial charge >= 0.3 is 5.97 Å². The molecule has 2 aromatic rings. The Hall–Kier alpha value is -3.09. The van der Waals surface area contributed by atoms with Crippen molar-refractivity contribution in [2.24, 2.45) is 0 Å². The Bertz CT molecular complexity index is 1130. The van der Waals surface area contributed by atoms with Crippen LogP contribution in [0.15, 0.2) is 42.5 Å². The topological polar surface area (TPSA) is 109 Å². The first-order valence-corrected chi connectivity index (χ1v) is 13.3. The zero-order chi connectivity index (χ0) is 24.7. The molecule has 0 spiro atoms. The van der Waals surface area contributed by atoms with Crippen LogP contribution in [0.4, 0.5) is 5.69 Å². The van der Waals surface area contributed by atoms with Crippen molar-refractivity contribution in [1.29, 1.82) is 5.26 Å². The average molecular weight is 486 g/mol. The maximum absolute atomic E-state index is 12.9. The molecule has 2 aromatic carbocycles. The monoisotopic (exact) mass is 485 g/mol. The zero-order valence-corrected chi connectivity index (χ0v) is 20.6. The van der Waals surface area contributed by atoms with Gasteiger partial charge in [0.15, 0.2) is 6.04 Å². The number of benzene rings is 2. The van der Waals surface area contributed by atoms with Gasteiger partial charge in [-0.2, -0.15) is 5.26 Å². The predicted octanol–water partition coefficient (Wildman–Crippen LogP) is 3.64. The van der Waals surface area contributed by atoms with E-state index in [0.717, 1.165) is 12.0 Å². The molecular formula is C25H31N3O5S. The minimum absolute atomic E-state index is 0.106. The standard InChI is InChI=1S/C25H31N3O5S/c1-4-18-14-20(16-23(15-18)33-22-10-12-28(13-11-22)34(3,30)31)24(25(29)32-5-2)27-21-8-6-19(17-26)7-9-21/h6-9,14-16,22,24,27H,4-5,10-13H2,1-3H3. The highest BCUT2D eigenvalue weighted by atomic mass is 32.2. The SMILES string of the molecule is CCOC(=O)C(Nc1ccc(C#N)cc1)c1cc(CC)cc(OC2CCN(S(C)(=O)=O)CC2)c1. The quantitative estimate of drug-likeness (QED) is 0.540. The van der Waals surface area contributed by atoms with Crippen LogP contribution in [0.2, 0.25) is 0 Å². The molecule has 1 aliphatic rings. The molecule has 0 amide bonds. The van der Waals surface area contributed by atoms with Crippen LogP contribution in [-0.2, 0) is 26.0 Å². The van der Waals surface area contributed by atoms with Crippen molar-refractivity contribution in [2.75, 3.05) is 31.3 Å². The number of hydrogen-bond acceptors (Lipinski definition) is 7. The van der Waals surface area contributed by atoms with Gasteiger partial charge in [0.05, 0.1) is 24.5 Å². The molecule has 1 N–H and O–H groups in total. The van der Waals surface area contributed by atoms with E-state index in [2.05, 4.69) is 11.4 Å². The minimum atomic E-state index is -3.20. The molecular weight excluding hydrogens is 454 g/mol. The Balaban J connectivity index is 1.83. The zero-order valence-electron chi connectivity index (χ0n) is 19.8. The van der Waals surface area contributed by atoms with Gasteiger partial charge in [0.25, 0.3) is 0 Å². The van der Waals surface area contributed by atoms with E-state index in [1.165, 1.54) is 10.6 Å². The molecule has 1 atom stereocenters. The first-order chi connectivity index (χ1) is 16.2. The van der Waals surface area contributed by atoms with Gasteiger partial charge in [-0.15, -0.1) is 0 Å². The average Bonchev–Trinajstić information content (AvgIpc) is 2.82. The summed E-state index contributed by atoms with van der Waals surface area (Å²) in [5.74, 6) is 0.232. The number of rotatable bonds is 9. The number of carbonyl (C=O) groups is 1. The molecule has 0 radical (unpaired) electrons. The van der Waals surface area contributed by atoms with Crippen LogP contribution in [0.3, 0.4) is 0 Å². The Morgan fingerprint density at radius 1 is 1.18 bits per heavy atom. The molecule has 34 heavy (non-hydrogen) atoms. The molecule has 3 rings (SSSR count). The summed E-state index contributed by atoms with van der Waals surface area (Å²) in [6.45, 7) is 4.89. The van der Waals surface area contributed by atoms with Crippen molar-refractivity contribution in [3.05, 3.63) is 59.2 Å². The molecule has 1 heterocycles. The fourth-order valence-corrected chi connectivity index (χ4v) is 4.78. The van der Waals surface area contributed by atoms with Gasteiger partial charge in [-0.05, 0) is 73.7 Å². The number of carbonyl (C=O) groups excluding carboxylic acids is 1. The largest absolute Gasteiger partial charge is 0.490 e. The molecule has 8 nitrogen and oxygen atoms in total. The molecule has 0 bridgehead atoms. The number of nitrogens with zero attached hydrogens (tertiary/aromatic N) is 2. The lowest BCUT2D eigenvalue weighted by atomic mass is 10.0. The molecule has 1 saturated heterocycles. The molecule has 1 unspecified atom stereocenters. The van der Waals surface area contributed by atoms with Crippen molar-refractivity contribution in [3.8, 4) is 11.8 Å². The van der Waals surface area contributed by atoms with Gasteiger partial charge in [0.1, 0.15) is 11.9 Å². The second-order valence-corrected chi connectivity index (χ2v) is 10.2. The molecule has 0 aliphatic carbocycles. The van der Waals surface area contributed by atoms with Crippen LogP contribution < -0.4 is 10.1 Å². The Kier molecular flexibility index (Phi) is 8.53. The van der Waals surface area contributed by atoms with Crippen molar-refractivity contribution in [2.45, 2.75) is 45.3 Å². The van der Waals surface area contributed by atoms with E-state index in [1.54, 1.807) is 31.2 Å². The number of nitrogens with one attached hydrogen (secondary N) is 1. The summed E-state index contributed by atoms with van der Waals surface area (Å²) in [7, 11) is -3.20. The van der Waals surface area contributed by atoms with Gasteiger partial charge in [-0.1, -0.05) is 13.0 Å². The summed E-state index contributed by atoms with van der Waals surface area (Å²) >= 11 is 0. The van der Waals surface area contributed by atoms with E-state index >= 15 is 0 Å². The minimum Gasteiger partial charge on any atom is -0.490 e. The smallest absolute Gasteiger partial charge is 0.333 e. The van der Waals surface area contributed by atoms with Crippen LogP contribution in [0.5, 0.6) is 5.75 Å². The lowest BCUT2D eigenvalue weighted by molar-refractivity contribution is -0.144. The highest BCUT2D eigenvalue weighted by Gasteiger charge is 2.27. The second kappa shape index (κ2) is 11.4. The van der Waals surface area contributed by atoms with Crippen molar-refractivity contribution >= 4 is 21.7 Å². The second-order valence-electron chi connectivity index (χ2n) is 8.26. The maximum Gasteiger partial charge on any atom is 0.333 e. The van der Waals surface area contributed by atoms with Gasteiger partial charge < -0.3 is 14.8 Å². The summed E-state index contributed by atoms with van der Waals surface area (Å²) in [5, 5.41) is 12.3. The number of aryl methyl sites for hydroxylation is 1. The lowest BCUT2D eigenvalue weighted by Crippen LogP contribution is -2.41. The summed E-state index contributed by atoms with van der Waals surface area (Å²) in [4.78, 5) is 12.9. The van der Waals surface area contributed by atoms with Crippen molar-refractivity contribution in [3.63, 3.8) is 0 Å². The van der Waals surface area contributed by atoms with Crippen molar-refractivity contribution in [1.82, 2.24) is 4.31 Å². The third-order valence-electron chi connectivity index (χ3n) is 5.75. The Morgan fingerprint density at radius 3 is 2.41 bits per heavy atom. The van der Waals surface area contributed by atoms with E-state index in [4.69, 9.17) is 14.7 Å². The van der Waals surface area contributed by atoms with E-state index in [9.17, 15) is 13.2 Å².